The Morgan fingerprint density at radius 3 is 2.60 bits per heavy atom. The molecule has 1 atom stereocenters. The van der Waals surface area contributed by atoms with Gasteiger partial charge in [0.25, 0.3) is 5.56 Å². The number of carbonyl (C=O) groups excluding carboxylic acids is 1. The summed E-state index contributed by atoms with van der Waals surface area (Å²) in [5.41, 5.74) is -0.210. The quantitative estimate of drug-likeness (QED) is 0.788. The van der Waals surface area contributed by atoms with Crippen LogP contribution in [0.15, 0.2) is 35.4 Å². The molecule has 20 heavy (non-hydrogen) atoms. The monoisotopic (exact) mass is 274 g/mol. The number of hydrogen-bond acceptors (Lipinski definition) is 4. The second-order valence-electron chi connectivity index (χ2n) is 5.68. The summed E-state index contributed by atoms with van der Waals surface area (Å²) >= 11 is 0. The Balaban J connectivity index is 2.40. The first kappa shape index (κ1) is 14.2. The lowest BCUT2D eigenvalue weighted by molar-refractivity contribution is -0.158. The number of para-hydroxylation sites is 1. The van der Waals surface area contributed by atoms with Gasteiger partial charge >= 0.3 is 5.97 Å². The van der Waals surface area contributed by atoms with Gasteiger partial charge in [0.1, 0.15) is 11.6 Å². The maximum absolute atomic E-state index is 12.4. The highest BCUT2D eigenvalue weighted by atomic mass is 16.6. The van der Waals surface area contributed by atoms with Crippen LogP contribution in [0.4, 0.5) is 0 Å². The fourth-order valence-electron chi connectivity index (χ4n) is 1.86. The van der Waals surface area contributed by atoms with Gasteiger partial charge in [0.2, 0.25) is 0 Å². The third kappa shape index (κ3) is 2.87. The number of benzene rings is 1. The average molecular weight is 274 g/mol. The number of fused-ring (bicyclic) bond motifs is 1. The summed E-state index contributed by atoms with van der Waals surface area (Å²) in [6.45, 7) is 7.00. The van der Waals surface area contributed by atoms with E-state index in [0.717, 1.165) is 0 Å². The van der Waals surface area contributed by atoms with Gasteiger partial charge < -0.3 is 4.74 Å². The zero-order valence-electron chi connectivity index (χ0n) is 12.1. The van der Waals surface area contributed by atoms with Crippen LogP contribution < -0.4 is 5.56 Å². The Bertz CT molecular complexity index is 698. The third-order valence-corrected chi connectivity index (χ3v) is 2.86. The Morgan fingerprint density at radius 1 is 1.30 bits per heavy atom. The summed E-state index contributed by atoms with van der Waals surface area (Å²) in [5, 5.41) is 0.491. The molecule has 1 heterocycles. The molecule has 0 spiro atoms. The molecule has 1 aromatic heterocycles. The molecule has 0 aliphatic heterocycles. The SMILES string of the molecule is CC(C(=O)OC(C)(C)C)n1cnc2ccccc2c1=O. The van der Waals surface area contributed by atoms with Crippen LogP contribution in [0.2, 0.25) is 0 Å². The first-order valence-corrected chi connectivity index (χ1v) is 6.48. The number of ether oxygens (including phenoxy) is 1. The Labute approximate surface area is 117 Å². The topological polar surface area (TPSA) is 61.2 Å². The molecule has 0 N–H and O–H groups in total. The molecule has 0 bridgehead atoms. The summed E-state index contributed by atoms with van der Waals surface area (Å²) in [5.74, 6) is -0.448. The van der Waals surface area contributed by atoms with Crippen molar-refractivity contribution in [3.05, 3.63) is 40.9 Å². The van der Waals surface area contributed by atoms with E-state index in [-0.39, 0.29) is 5.56 Å². The van der Waals surface area contributed by atoms with E-state index in [1.54, 1.807) is 45.9 Å². The van der Waals surface area contributed by atoms with E-state index in [4.69, 9.17) is 4.74 Å². The van der Waals surface area contributed by atoms with Crippen LogP contribution in [0.1, 0.15) is 33.7 Å². The standard InChI is InChI=1S/C15H18N2O3/c1-10(14(19)20-15(2,3)4)17-9-16-12-8-6-5-7-11(12)13(17)18/h5-10H,1-4H3. The molecule has 0 fully saturated rings. The first-order chi connectivity index (χ1) is 9.29. The number of carbonyl (C=O) groups is 1. The lowest BCUT2D eigenvalue weighted by atomic mass is 10.2. The number of nitrogens with zero attached hydrogens (tertiary/aromatic N) is 2. The van der Waals surface area contributed by atoms with Gasteiger partial charge in [0.15, 0.2) is 0 Å². The van der Waals surface area contributed by atoms with Crippen LogP contribution in [-0.4, -0.2) is 21.1 Å². The molecule has 5 heteroatoms. The van der Waals surface area contributed by atoms with Gasteiger partial charge in [-0.1, -0.05) is 12.1 Å². The maximum Gasteiger partial charge on any atom is 0.329 e. The third-order valence-electron chi connectivity index (χ3n) is 2.86. The molecular weight excluding hydrogens is 256 g/mol. The predicted molar refractivity (Wildman–Crippen MR) is 76.6 cm³/mol. The lowest BCUT2D eigenvalue weighted by Gasteiger charge is -2.23. The second-order valence-corrected chi connectivity index (χ2v) is 5.68. The summed E-state index contributed by atoms with van der Waals surface area (Å²) in [6, 6.07) is 6.34. The zero-order valence-corrected chi connectivity index (χ0v) is 12.1. The molecule has 0 amide bonds. The minimum absolute atomic E-state index is 0.242. The molecule has 106 valence electrons. The molecule has 0 saturated heterocycles. The van der Waals surface area contributed by atoms with E-state index in [0.29, 0.717) is 10.9 Å². The predicted octanol–water partition coefficient (Wildman–Crippen LogP) is 2.30. The van der Waals surface area contributed by atoms with E-state index >= 15 is 0 Å². The summed E-state index contributed by atoms with van der Waals surface area (Å²) < 4.78 is 6.60. The van der Waals surface area contributed by atoms with E-state index < -0.39 is 17.6 Å². The molecule has 0 saturated carbocycles. The van der Waals surface area contributed by atoms with Crippen LogP contribution in [-0.2, 0) is 9.53 Å². The van der Waals surface area contributed by atoms with E-state index in [9.17, 15) is 9.59 Å². The minimum Gasteiger partial charge on any atom is -0.458 e. The Morgan fingerprint density at radius 2 is 1.95 bits per heavy atom. The highest BCUT2D eigenvalue weighted by molar-refractivity contribution is 5.78. The largest absolute Gasteiger partial charge is 0.458 e. The molecule has 1 aromatic carbocycles. The summed E-state index contributed by atoms with van der Waals surface area (Å²) in [6.07, 6.45) is 1.39. The van der Waals surface area contributed by atoms with Crippen molar-refractivity contribution in [1.82, 2.24) is 9.55 Å². The lowest BCUT2D eigenvalue weighted by Crippen LogP contribution is -2.33. The molecule has 2 rings (SSSR count). The van der Waals surface area contributed by atoms with Gasteiger partial charge in [-0.05, 0) is 39.8 Å². The van der Waals surface area contributed by atoms with Gasteiger partial charge in [-0.2, -0.15) is 0 Å². The maximum atomic E-state index is 12.4. The number of hydrogen-bond donors (Lipinski definition) is 0. The molecule has 2 aromatic rings. The van der Waals surface area contributed by atoms with Crippen molar-refractivity contribution in [3.63, 3.8) is 0 Å². The number of rotatable bonds is 2. The molecular formula is C15H18N2O3. The van der Waals surface area contributed by atoms with Crippen LogP contribution >= 0.6 is 0 Å². The summed E-state index contributed by atoms with van der Waals surface area (Å²) in [7, 11) is 0. The van der Waals surface area contributed by atoms with Gasteiger partial charge in [0, 0.05) is 0 Å². The molecule has 0 radical (unpaired) electrons. The normalized spacial score (nSPS) is 13.2. The van der Waals surface area contributed by atoms with Gasteiger partial charge in [-0.25, -0.2) is 9.78 Å². The number of aromatic nitrogens is 2. The van der Waals surface area contributed by atoms with Crippen molar-refractivity contribution in [2.45, 2.75) is 39.3 Å². The Kier molecular flexibility index (Phi) is 3.61. The first-order valence-electron chi connectivity index (χ1n) is 6.48. The minimum atomic E-state index is -0.709. The fourth-order valence-corrected chi connectivity index (χ4v) is 1.86. The van der Waals surface area contributed by atoms with Gasteiger partial charge in [-0.15, -0.1) is 0 Å². The van der Waals surface area contributed by atoms with Crippen molar-refractivity contribution < 1.29 is 9.53 Å². The van der Waals surface area contributed by atoms with Crippen LogP contribution in [0, 0.1) is 0 Å². The van der Waals surface area contributed by atoms with E-state index in [1.165, 1.54) is 10.9 Å². The Hall–Kier alpha value is -2.17. The van der Waals surface area contributed by atoms with Gasteiger partial charge in [0.05, 0.1) is 17.2 Å². The van der Waals surface area contributed by atoms with Crippen molar-refractivity contribution >= 4 is 16.9 Å². The second kappa shape index (κ2) is 5.07. The van der Waals surface area contributed by atoms with Crippen LogP contribution in [0.5, 0.6) is 0 Å². The van der Waals surface area contributed by atoms with Crippen molar-refractivity contribution in [3.8, 4) is 0 Å². The van der Waals surface area contributed by atoms with Gasteiger partial charge in [-0.3, -0.25) is 9.36 Å². The fraction of sp³-hybridized carbons (Fsp3) is 0.400. The highest BCUT2D eigenvalue weighted by Crippen LogP contribution is 2.14. The van der Waals surface area contributed by atoms with Crippen molar-refractivity contribution in [2.75, 3.05) is 0 Å². The smallest absolute Gasteiger partial charge is 0.329 e. The van der Waals surface area contributed by atoms with Crippen molar-refractivity contribution in [1.29, 1.82) is 0 Å². The summed E-state index contributed by atoms with van der Waals surface area (Å²) in [4.78, 5) is 28.6. The molecule has 0 aliphatic carbocycles. The zero-order chi connectivity index (χ0) is 14.9. The van der Waals surface area contributed by atoms with Crippen molar-refractivity contribution in [2.24, 2.45) is 0 Å². The highest BCUT2D eigenvalue weighted by Gasteiger charge is 2.24. The number of esters is 1. The molecule has 5 nitrogen and oxygen atoms in total. The van der Waals surface area contributed by atoms with Crippen LogP contribution in [0.25, 0.3) is 10.9 Å². The molecule has 0 aliphatic rings. The molecule has 1 unspecified atom stereocenters. The van der Waals surface area contributed by atoms with E-state index in [1.807, 2.05) is 6.07 Å². The average Bonchev–Trinajstić information content (AvgIpc) is 2.37. The van der Waals surface area contributed by atoms with Crippen LogP contribution in [0.3, 0.4) is 0 Å². The van der Waals surface area contributed by atoms with E-state index in [2.05, 4.69) is 4.98 Å².